The van der Waals surface area contributed by atoms with E-state index in [0.29, 0.717) is 5.82 Å². The van der Waals surface area contributed by atoms with Crippen molar-refractivity contribution in [1.29, 1.82) is 0 Å². The van der Waals surface area contributed by atoms with E-state index in [9.17, 15) is 10.1 Å². The van der Waals surface area contributed by atoms with Gasteiger partial charge in [-0.3, -0.25) is 10.1 Å². The van der Waals surface area contributed by atoms with Gasteiger partial charge in [-0.05, 0) is 24.4 Å². The van der Waals surface area contributed by atoms with Crippen LogP contribution in [-0.2, 0) is 0 Å². The molecule has 0 aliphatic carbocycles. The molecule has 0 N–H and O–H groups in total. The van der Waals surface area contributed by atoms with Gasteiger partial charge in [0.1, 0.15) is 6.20 Å². The number of hydrogen-bond acceptors (Lipinski definition) is 5. The van der Waals surface area contributed by atoms with Crippen LogP contribution in [0.5, 0.6) is 0 Å². The lowest BCUT2D eigenvalue weighted by atomic mass is 10.1. The van der Waals surface area contributed by atoms with Crippen molar-refractivity contribution in [3.63, 3.8) is 0 Å². The van der Waals surface area contributed by atoms with E-state index < -0.39 is 4.92 Å². The van der Waals surface area contributed by atoms with E-state index >= 15 is 0 Å². The highest BCUT2D eigenvalue weighted by Gasteiger charge is 2.22. The lowest BCUT2D eigenvalue weighted by molar-refractivity contribution is -0.384. The lowest BCUT2D eigenvalue weighted by Crippen LogP contribution is -2.28. The number of hydrogen-bond donors (Lipinski definition) is 0. The maximum atomic E-state index is 11.0. The fourth-order valence-electron chi connectivity index (χ4n) is 2.17. The molecule has 0 bridgehead atoms. The monoisotopic (exact) mass is 270 g/mol. The average molecular weight is 271 g/mol. The van der Waals surface area contributed by atoms with E-state index in [1.807, 2.05) is 4.90 Å². The SMILES string of the molecule is O=[N+]([O-])c1cnc(Cl)nc1N1CCCCCCC1. The Balaban J connectivity index is 2.28. The summed E-state index contributed by atoms with van der Waals surface area (Å²) >= 11 is 5.74. The second-order valence-corrected chi connectivity index (χ2v) is 4.70. The van der Waals surface area contributed by atoms with Gasteiger partial charge in [0.15, 0.2) is 0 Å². The van der Waals surface area contributed by atoms with E-state index in [1.165, 1.54) is 12.6 Å². The molecule has 0 radical (unpaired) electrons. The first-order chi connectivity index (χ1) is 8.68. The van der Waals surface area contributed by atoms with E-state index in [-0.39, 0.29) is 11.0 Å². The zero-order valence-electron chi connectivity index (χ0n) is 10.0. The third-order valence-corrected chi connectivity index (χ3v) is 3.26. The molecule has 1 aromatic rings. The Morgan fingerprint density at radius 3 is 2.44 bits per heavy atom. The van der Waals surface area contributed by atoms with Crippen LogP contribution >= 0.6 is 11.6 Å². The molecule has 6 nitrogen and oxygen atoms in total. The molecule has 2 rings (SSSR count). The molecule has 1 saturated heterocycles. The highest BCUT2D eigenvalue weighted by Crippen LogP contribution is 2.27. The van der Waals surface area contributed by atoms with Gasteiger partial charge in [0.25, 0.3) is 0 Å². The van der Waals surface area contributed by atoms with Crippen LogP contribution in [0.3, 0.4) is 0 Å². The van der Waals surface area contributed by atoms with E-state index in [1.54, 1.807) is 0 Å². The van der Waals surface area contributed by atoms with E-state index in [2.05, 4.69) is 9.97 Å². The average Bonchev–Trinajstić information content (AvgIpc) is 2.27. The van der Waals surface area contributed by atoms with Crippen molar-refractivity contribution in [3.8, 4) is 0 Å². The summed E-state index contributed by atoms with van der Waals surface area (Å²) < 4.78 is 0. The first-order valence-corrected chi connectivity index (χ1v) is 6.48. The number of nitrogens with zero attached hydrogens (tertiary/aromatic N) is 4. The molecular weight excluding hydrogens is 256 g/mol. The molecule has 18 heavy (non-hydrogen) atoms. The van der Waals surface area contributed by atoms with Crippen molar-refractivity contribution in [3.05, 3.63) is 21.6 Å². The third-order valence-electron chi connectivity index (χ3n) is 3.07. The highest BCUT2D eigenvalue weighted by atomic mass is 35.5. The largest absolute Gasteiger partial charge is 0.351 e. The summed E-state index contributed by atoms with van der Waals surface area (Å²) in [5.74, 6) is 0.349. The van der Waals surface area contributed by atoms with Crippen LogP contribution in [0.2, 0.25) is 5.28 Å². The smallest absolute Gasteiger partial charge is 0.329 e. The summed E-state index contributed by atoms with van der Waals surface area (Å²) in [5.41, 5.74) is -0.0695. The predicted octanol–water partition coefficient (Wildman–Crippen LogP) is 2.81. The molecule has 1 fully saturated rings. The normalized spacial score (nSPS) is 17.1. The van der Waals surface area contributed by atoms with Gasteiger partial charge in [-0.25, -0.2) is 4.98 Å². The summed E-state index contributed by atoms with van der Waals surface area (Å²) in [6.45, 7) is 1.57. The number of aromatic nitrogens is 2. The fraction of sp³-hybridized carbons (Fsp3) is 0.636. The van der Waals surface area contributed by atoms with Gasteiger partial charge in [-0.1, -0.05) is 19.3 Å². The van der Waals surface area contributed by atoms with Crippen LogP contribution in [0.25, 0.3) is 0 Å². The lowest BCUT2D eigenvalue weighted by Gasteiger charge is -2.25. The zero-order valence-corrected chi connectivity index (χ0v) is 10.8. The molecule has 0 aromatic carbocycles. The van der Waals surface area contributed by atoms with Gasteiger partial charge in [0.05, 0.1) is 4.92 Å². The molecule has 0 saturated carbocycles. The van der Waals surface area contributed by atoms with Crippen LogP contribution < -0.4 is 4.90 Å². The molecular formula is C11H15ClN4O2. The van der Waals surface area contributed by atoms with Gasteiger partial charge < -0.3 is 4.90 Å². The molecule has 2 heterocycles. The van der Waals surface area contributed by atoms with Crippen molar-refractivity contribution in [1.82, 2.24) is 9.97 Å². The van der Waals surface area contributed by atoms with Gasteiger partial charge in [0, 0.05) is 13.1 Å². The molecule has 1 aromatic heterocycles. The van der Waals surface area contributed by atoms with Crippen LogP contribution in [-0.4, -0.2) is 28.0 Å². The van der Waals surface area contributed by atoms with Crippen LogP contribution in [0.1, 0.15) is 32.1 Å². The van der Waals surface area contributed by atoms with Crippen molar-refractivity contribution >= 4 is 23.1 Å². The Hall–Kier alpha value is -1.43. The van der Waals surface area contributed by atoms with Crippen molar-refractivity contribution < 1.29 is 4.92 Å². The Kier molecular flexibility index (Phi) is 4.30. The Bertz CT molecular complexity index is 433. The second-order valence-electron chi connectivity index (χ2n) is 4.36. The van der Waals surface area contributed by atoms with E-state index in [4.69, 9.17) is 11.6 Å². The molecule has 1 aliphatic rings. The minimum absolute atomic E-state index is 0.0534. The van der Waals surface area contributed by atoms with Gasteiger partial charge >= 0.3 is 5.69 Å². The Morgan fingerprint density at radius 2 is 1.83 bits per heavy atom. The molecule has 7 heteroatoms. The molecule has 98 valence electrons. The Labute approximate surface area is 110 Å². The Morgan fingerprint density at radius 1 is 1.22 bits per heavy atom. The number of halogens is 1. The number of rotatable bonds is 2. The second kappa shape index (κ2) is 5.95. The standard InChI is InChI=1S/C11H15ClN4O2/c12-11-13-8-9(16(17)18)10(14-11)15-6-4-2-1-3-5-7-15/h8H,1-7H2. The van der Waals surface area contributed by atoms with Gasteiger partial charge in [-0.2, -0.15) is 4.98 Å². The van der Waals surface area contributed by atoms with E-state index in [0.717, 1.165) is 38.8 Å². The number of nitro groups is 1. The summed E-state index contributed by atoms with van der Waals surface area (Å²) in [6.07, 6.45) is 6.79. The van der Waals surface area contributed by atoms with Crippen molar-refractivity contribution in [2.75, 3.05) is 18.0 Å². The molecule has 0 amide bonds. The summed E-state index contributed by atoms with van der Waals surface area (Å²) in [7, 11) is 0. The molecule has 0 spiro atoms. The predicted molar refractivity (Wildman–Crippen MR) is 69.0 cm³/mol. The van der Waals surface area contributed by atoms with Crippen LogP contribution in [0.4, 0.5) is 11.5 Å². The minimum Gasteiger partial charge on any atom is -0.351 e. The maximum Gasteiger partial charge on any atom is 0.329 e. The molecule has 1 aliphatic heterocycles. The quantitative estimate of drug-likeness (QED) is 0.469. The minimum atomic E-state index is -0.454. The zero-order chi connectivity index (χ0) is 13.0. The van der Waals surface area contributed by atoms with Crippen molar-refractivity contribution in [2.45, 2.75) is 32.1 Å². The maximum absolute atomic E-state index is 11.0. The summed E-state index contributed by atoms with van der Waals surface area (Å²) in [6, 6.07) is 0. The first kappa shape index (κ1) is 13.0. The van der Waals surface area contributed by atoms with Gasteiger partial charge in [-0.15, -0.1) is 0 Å². The summed E-state index contributed by atoms with van der Waals surface area (Å²) in [5, 5.41) is 11.0. The summed E-state index contributed by atoms with van der Waals surface area (Å²) in [4.78, 5) is 20.2. The van der Waals surface area contributed by atoms with Crippen LogP contribution in [0.15, 0.2) is 6.20 Å². The van der Waals surface area contributed by atoms with Crippen molar-refractivity contribution in [2.24, 2.45) is 0 Å². The third kappa shape index (κ3) is 3.07. The van der Waals surface area contributed by atoms with Crippen LogP contribution in [0, 0.1) is 10.1 Å². The molecule has 0 atom stereocenters. The molecule has 0 unspecified atom stereocenters. The van der Waals surface area contributed by atoms with Gasteiger partial charge in [0.2, 0.25) is 11.1 Å². The highest BCUT2D eigenvalue weighted by molar-refractivity contribution is 6.28. The number of anilines is 1. The topological polar surface area (TPSA) is 72.2 Å². The first-order valence-electron chi connectivity index (χ1n) is 6.10. The fourth-order valence-corrected chi connectivity index (χ4v) is 2.30.